The van der Waals surface area contributed by atoms with Crippen LogP contribution < -0.4 is 0 Å². The van der Waals surface area contributed by atoms with Gasteiger partial charge in [0.2, 0.25) is 0 Å². The summed E-state index contributed by atoms with van der Waals surface area (Å²) in [6, 6.07) is 8.04. The quantitative estimate of drug-likeness (QED) is 0.403. The van der Waals surface area contributed by atoms with Crippen LogP contribution in [0.4, 0.5) is 0 Å². The van der Waals surface area contributed by atoms with Crippen LogP contribution in [0.3, 0.4) is 0 Å². The van der Waals surface area contributed by atoms with E-state index in [9.17, 15) is 0 Å². The van der Waals surface area contributed by atoms with Crippen LogP contribution in [0, 0.1) is 12.3 Å². The second-order valence-electron chi connectivity index (χ2n) is 1.98. The fourth-order valence-corrected chi connectivity index (χ4v) is 1.22. The van der Waals surface area contributed by atoms with Crippen LogP contribution in [0.2, 0.25) is 0 Å². The molecule has 0 nitrogen and oxygen atoms in total. The van der Waals surface area contributed by atoms with Gasteiger partial charge in [-0.05, 0) is 17.7 Å². The van der Waals surface area contributed by atoms with Crippen LogP contribution in [0.5, 0.6) is 0 Å². The average Bonchev–Trinajstić information content (AvgIpc) is 2.05. The Labute approximate surface area is 74.8 Å². The van der Waals surface area contributed by atoms with Gasteiger partial charge in [0, 0.05) is 9.99 Å². The molecule has 0 saturated carbocycles. The summed E-state index contributed by atoms with van der Waals surface area (Å²) >= 11 is 2.32. The van der Waals surface area contributed by atoms with E-state index in [0.29, 0.717) is 0 Å². The Balaban J connectivity index is 3.01. The van der Waals surface area contributed by atoms with Crippen LogP contribution >= 0.6 is 22.6 Å². The Morgan fingerprint density at radius 3 is 2.90 bits per heavy atom. The van der Waals surface area contributed by atoms with Gasteiger partial charge in [-0.1, -0.05) is 40.6 Å². The van der Waals surface area contributed by atoms with Crippen molar-refractivity contribution in [3.8, 4) is 12.3 Å². The lowest BCUT2D eigenvalue weighted by molar-refractivity contribution is 1.44. The molecule has 0 atom stereocenters. The first-order valence-corrected chi connectivity index (χ1v) is 4.51. The Hall–Kier alpha value is -0.490. The van der Waals surface area contributed by atoms with Crippen LogP contribution in [-0.2, 0) is 4.43 Å². The maximum Gasteiger partial charge on any atom is 0.0247 e. The zero-order valence-corrected chi connectivity index (χ0v) is 7.63. The number of rotatable bonds is 1. The summed E-state index contributed by atoms with van der Waals surface area (Å²) in [5.41, 5.74) is 2.25. The highest BCUT2D eigenvalue weighted by atomic mass is 127. The van der Waals surface area contributed by atoms with Crippen molar-refractivity contribution in [3.63, 3.8) is 0 Å². The monoisotopic (exact) mass is 242 g/mol. The molecule has 0 aliphatic carbocycles. The first-order valence-electron chi connectivity index (χ1n) is 2.98. The molecule has 0 heterocycles. The molecule has 0 amide bonds. The van der Waals surface area contributed by atoms with Gasteiger partial charge >= 0.3 is 0 Å². The number of halogens is 1. The first-order chi connectivity index (χ1) is 4.86. The molecule has 50 valence electrons. The van der Waals surface area contributed by atoms with Crippen molar-refractivity contribution >= 4 is 22.6 Å². The molecular formula is C9H7I. The largest absolute Gasteiger partial charge is 0.115 e. The Morgan fingerprint density at radius 2 is 2.30 bits per heavy atom. The van der Waals surface area contributed by atoms with E-state index in [4.69, 9.17) is 6.42 Å². The van der Waals surface area contributed by atoms with Crippen LogP contribution in [0.15, 0.2) is 24.3 Å². The molecule has 0 aromatic heterocycles. The molecule has 1 rings (SSSR count). The van der Waals surface area contributed by atoms with Gasteiger partial charge in [0.05, 0.1) is 0 Å². The lowest BCUT2D eigenvalue weighted by Crippen LogP contribution is -1.78. The molecule has 0 unspecified atom stereocenters. The fraction of sp³-hybridized carbons (Fsp3) is 0.111. The third kappa shape index (κ3) is 1.74. The third-order valence-corrected chi connectivity index (χ3v) is 2.13. The maximum atomic E-state index is 5.22. The van der Waals surface area contributed by atoms with E-state index >= 15 is 0 Å². The van der Waals surface area contributed by atoms with Crippen LogP contribution in [0.1, 0.15) is 11.1 Å². The maximum absolute atomic E-state index is 5.22. The smallest absolute Gasteiger partial charge is 0.0247 e. The molecule has 0 spiro atoms. The van der Waals surface area contributed by atoms with Crippen LogP contribution in [-0.4, -0.2) is 0 Å². The molecule has 10 heavy (non-hydrogen) atoms. The summed E-state index contributed by atoms with van der Waals surface area (Å²) in [4.78, 5) is 0. The number of benzene rings is 1. The molecule has 1 aromatic rings. The zero-order valence-electron chi connectivity index (χ0n) is 5.47. The van der Waals surface area contributed by atoms with Crippen molar-refractivity contribution in [2.45, 2.75) is 4.43 Å². The number of terminal acetylenes is 1. The molecule has 0 radical (unpaired) electrons. The summed E-state index contributed by atoms with van der Waals surface area (Å²) < 4.78 is 1.02. The number of hydrogen-bond acceptors (Lipinski definition) is 0. The lowest BCUT2D eigenvalue weighted by Gasteiger charge is -1.93. The van der Waals surface area contributed by atoms with Crippen molar-refractivity contribution in [1.82, 2.24) is 0 Å². The molecule has 0 bridgehead atoms. The van der Waals surface area contributed by atoms with E-state index in [0.717, 1.165) is 9.99 Å². The zero-order chi connectivity index (χ0) is 7.40. The van der Waals surface area contributed by atoms with E-state index in [1.165, 1.54) is 5.56 Å². The lowest BCUT2D eigenvalue weighted by atomic mass is 10.1. The van der Waals surface area contributed by atoms with Crippen molar-refractivity contribution in [2.24, 2.45) is 0 Å². The van der Waals surface area contributed by atoms with Crippen molar-refractivity contribution in [1.29, 1.82) is 0 Å². The standard InChI is InChI=1S/C9H7I/c1-2-8-4-3-5-9(6-8)7-10/h1,3-6H,7H2. The highest BCUT2D eigenvalue weighted by molar-refractivity contribution is 14.1. The van der Waals surface area contributed by atoms with Gasteiger partial charge in [0.15, 0.2) is 0 Å². The van der Waals surface area contributed by atoms with Gasteiger partial charge in [-0.25, -0.2) is 0 Å². The Kier molecular flexibility index (Phi) is 2.76. The molecule has 0 fully saturated rings. The molecule has 0 aliphatic rings. The van der Waals surface area contributed by atoms with Crippen molar-refractivity contribution in [2.75, 3.05) is 0 Å². The van der Waals surface area contributed by atoms with E-state index in [1.807, 2.05) is 18.2 Å². The molecule has 1 aromatic carbocycles. The van der Waals surface area contributed by atoms with Gasteiger partial charge in [-0.15, -0.1) is 6.42 Å². The normalized spacial score (nSPS) is 8.80. The second kappa shape index (κ2) is 3.62. The molecular weight excluding hydrogens is 235 g/mol. The topological polar surface area (TPSA) is 0 Å². The minimum atomic E-state index is 0.967. The highest BCUT2D eigenvalue weighted by Gasteiger charge is 1.88. The predicted octanol–water partition coefficient (Wildman–Crippen LogP) is 2.60. The van der Waals surface area contributed by atoms with E-state index in [2.05, 4.69) is 34.6 Å². The summed E-state index contributed by atoms with van der Waals surface area (Å²) in [6.07, 6.45) is 5.22. The molecule has 1 heteroatoms. The van der Waals surface area contributed by atoms with E-state index in [-0.39, 0.29) is 0 Å². The van der Waals surface area contributed by atoms with Crippen LogP contribution in [0.25, 0.3) is 0 Å². The average molecular weight is 242 g/mol. The molecule has 0 aliphatic heterocycles. The summed E-state index contributed by atoms with van der Waals surface area (Å²) in [6.45, 7) is 0. The highest BCUT2D eigenvalue weighted by Crippen LogP contribution is 2.07. The molecule has 0 saturated heterocycles. The SMILES string of the molecule is C#Cc1cccc(CI)c1. The summed E-state index contributed by atoms with van der Waals surface area (Å²) in [5.74, 6) is 2.60. The Morgan fingerprint density at radius 1 is 1.50 bits per heavy atom. The Bertz CT molecular complexity index is 258. The summed E-state index contributed by atoms with van der Waals surface area (Å²) in [7, 11) is 0. The van der Waals surface area contributed by atoms with Crippen molar-refractivity contribution in [3.05, 3.63) is 35.4 Å². The van der Waals surface area contributed by atoms with E-state index in [1.54, 1.807) is 0 Å². The third-order valence-electron chi connectivity index (χ3n) is 1.25. The van der Waals surface area contributed by atoms with Crippen molar-refractivity contribution < 1.29 is 0 Å². The predicted molar refractivity (Wildman–Crippen MR) is 52.1 cm³/mol. The minimum absolute atomic E-state index is 0.967. The fourth-order valence-electron chi connectivity index (χ4n) is 0.744. The van der Waals surface area contributed by atoms with Gasteiger partial charge in [-0.3, -0.25) is 0 Å². The second-order valence-corrected chi connectivity index (χ2v) is 2.74. The van der Waals surface area contributed by atoms with Gasteiger partial charge in [0.1, 0.15) is 0 Å². The number of alkyl halides is 1. The van der Waals surface area contributed by atoms with Gasteiger partial charge < -0.3 is 0 Å². The van der Waals surface area contributed by atoms with Gasteiger partial charge in [0.25, 0.3) is 0 Å². The minimum Gasteiger partial charge on any atom is -0.115 e. The first kappa shape index (κ1) is 7.62. The van der Waals surface area contributed by atoms with E-state index < -0.39 is 0 Å². The molecule has 0 N–H and O–H groups in total. The van der Waals surface area contributed by atoms with Gasteiger partial charge in [-0.2, -0.15) is 0 Å². The summed E-state index contributed by atoms with van der Waals surface area (Å²) in [5, 5.41) is 0. The number of hydrogen-bond donors (Lipinski definition) is 0.